The maximum atomic E-state index is 13.0. The van der Waals surface area contributed by atoms with E-state index in [1.54, 1.807) is 6.07 Å². The Hall–Kier alpha value is -1.20. The molecular weight excluding hydrogens is 263 g/mol. The number of halogens is 1. The van der Waals surface area contributed by atoms with E-state index in [9.17, 15) is 4.39 Å². The maximum absolute atomic E-state index is 13.0. The van der Waals surface area contributed by atoms with Crippen LogP contribution in [0.15, 0.2) is 18.2 Å². The molecule has 0 spiro atoms. The van der Waals surface area contributed by atoms with E-state index in [2.05, 4.69) is 10.3 Å². The Kier molecular flexibility index (Phi) is 3.94. The second-order valence-corrected chi connectivity index (χ2v) is 5.96. The van der Waals surface area contributed by atoms with Crippen molar-refractivity contribution in [1.82, 2.24) is 4.98 Å². The Labute approximate surface area is 115 Å². The predicted molar refractivity (Wildman–Crippen MR) is 76.2 cm³/mol. The van der Waals surface area contributed by atoms with E-state index in [-0.39, 0.29) is 5.82 Å². The minimum absolute atomic E-state index is 0.212. The number of hydrogen-bond acceptors (Lipinski definition) is 4. The van der Waals surface area contributed by atoms with Crippen molar-refractivity contribution in [3.8, 4) is 0 Å². The van der Waals surface area contributed by atoms with Crippen molar-refractivity contribution >= 4 is 26.7 Å². The summed E-state index contributed by atoms with van der Waals surface area (Å²) >= 11 is 1.49. The van der Waals surface area contributed by atoms with Crippen LogP contribution in [-0.4, -0.2) is 24.7 Å². The summed E-state index contributed by atoms with van der Waals surface area (Å²) in [6.07, 6.45) is 3.64. The minimum Gasteiger partial charge on any atom is -0.381 e. The van der Waals surface area contributed by atoms with Crippen molar-refractivity contribution in [2.75, 3.05) is 25.1 Å². The number of hydrogen-bond donors (Lipinski definition) is 1. The summed E-state index contributed by atoms with van der Waals surface area (Å²) in [4.78, 5) is 4.41. The third-order valence-corrected chi connectivity index (χ3v) is 4.12. The van der Waals surface area contributed by atoms with Gasteiger partial charge in [0, 0.05) is 19.8 Å². The number of nitrogens with one attached hydrogen (secondary N) is 1. The fourth-order valence-corrected chi connectivity index (χ4v) is 2.79. The molecule has 0 atom stereocenters. The van der Waals surface area contributed by atoms with Crippen LogP contribution in [0.2, 0.25) is 0 Å². The van der Waals surface area contributed by atoms with Crippen LogP contribution in [0.3, 0.4) is 0 Å². The van der Waals surface area contributed by atoms with Gasteiger partial charge in [-0.25, -0.2) is 9.37 Å². The van der Waals surface area contributed by atoms with Crippen LogP contribution in [0.25, 0.3) is 10.2 Å². The van der Waals surface area contributed by atoms with Crippen LogP contribution >= 0.6 is 11.3 Å². The number of nitrogens with zero attached hydrogens (tertiary/aromatic N) is 1. The van der Waals surface area contributed by atoms with Gasteiger partial charge in [0.25, 0.3) is 0 Å². The smallest absolute Gasteiger partial charge is 0.183 e. The Morgan fingerprint density at radius 2 is 2.32 bits per heavy atom. The highest BCUT2D eigenvalue weighted by atomic mass is 32.1. The van der Waals surface area contributed by atoms with Crippen molar-refractivity contribution in [2.45, 2.75) is 19.3 Å². The number of benzene rings is 1. The SMILES string of the molecule is Fc1ccc2nc(NCCCOCC3CC3)sc2c1. The summed E-state index contributed by atoms with van der Waals surface area (Å²) in [6, 6.07) is 4.68. The molecule has 1 saturated carbocycles. The third-order valence-electron chi connectivity index (χ3n) is 3.14. The first-order valence-corrected chi connectivity index (χ1v) is 7.50. The van der Waals surface area contributed by atoms with Gasteiger partial charge in [-0.3, -0.25) is 0 Å². The highest BCUT2D eigenvalue weighted by Gasteiger charge is 2.20. The molecule has 1 aromatic heterocycles. The van der Waals surface area contributed by atoms with Gasteiger partial charge in [0.2, 0.25) is 0 Å². The van der Waals surface area contributed by atoms with Gasteiger partial charge in [0.15, 0.2) is 5.13 Å². The average Bonchev–Trinajstić information content (AvgIpc) is 3.13. The number of aromatic nitrogens is 1. The van der Waals surface area contributed by atoms with Gasteiger partial charge >= 0.3 is 0 Å². The van der Waals surface area contributed by atoms with Gasteiger partial charge in [-0.05, 0) is 43.4 Å². The number of ether oxygens (including phenoxy) is 1. The number of rotatable bonds is 7. The number of thiazole rings is 1. The van der Waals surface area contributed by atoms with Crippen LogP contribution < -0.4 is 5.32 Å². The highest BCUT2D eigenvalue weighted by molar-refractivity contribution is 7.22. The molecule has 1 fully saturated rings. The van der Waals surface area contributed by atoms with E-state index in [1.807, 2.05) is 0 Å². The van der Waals surface area contributed by atoms with Crippen molar-refractivity contribution in [2.24, 2.45) is 5.92 Å². The van der Waals surface area contributed by atoms with Gasteiger partial charge in [0.05, 0.1) is 10.2 Å². The topological polar surface area (TPSA) is 34.2 Å². The Balaban J connectivity index is 1.42. The molecule has 1 heterocycles. The normalized spacial score (nSPS) is 15.0. The van der Waals surface area contributed by atoms with Gasteiger partial charge in [-0.1, -0.05) is 11.3 Å². The lowest BCUT2D eigenvalue weighted by Gasteiger charge is -2.03. The van der Waals surface area contributed by atoms with Gasteiger partial charge in [-0.2, -0.15) is 0 Å². The van der Waals surface area contributed by atoms with Crippen molar-refractivity contribution < 1.29 is 9.13 Å². The van der Waals surface area contributed by atoms with E-state index in [0.29, 0.717) is 0 Å². The zero-order chi connectivity index (χ0) is 13.1. The minimum atomic E-state index is -0.212. The molecule has 5 heteroatoms. The molecule has 0 unspecified atom stereocenters. The zero-order valence-corrected chi connectivity index (χ0v) is 11.5. The number of anilines is 1. The molecular formula is C14H17FN2OS. The molecule has 3 rings (SSSR count). The average molecular weight is 280 g/mol. The van der Waals surface area contributed by atoms with Crippen molar-refractivity contribution in [3.05, 3.63) is 24.0 Å². The van der Waals surface area contributed by atoms with Crippen LogP contribution in [0, 0.1) is 11.7 Å². The zero-order valence-electron chi connectivity index (χ0n) is 10.7. The summed E-state index contributed by atoms with van der Waals surface area (Å²) in [5.41, 5.74) is 0.846. The van der Waals surface area contributed by atoms with E-state index < -0.39 is 0 Å². The fourth-order valence-electron chi connectivity index (χ4n) is 1.88. The second kappa shape index (κ2) is 5.84. The lowest BCUT2D eigenvalue weighted by Crippen LogP contribution is -2.06. The standard InChI is InChI=1S/C14H17FN2OS/c15-11-4-5-12-13(8-11)19-14(17-12)16-6-1-7-18-9-10-2-3-10/h4-5,8,10H,1-3,6-7,9H2,(H,16,17). The van der Waals surface area contributed by atoms with Crippen LogP contribution in [0.1, 0.15) is 19.3 Å². The number of fused-ring (bicyclic) bond motifs is 1. The Bertz CT molecular complexity index is 553. The molecule has 0 saturated heterocycles. The molecule has 1 aromatic carbocycles. The van der Waals surface area contributed by atoms with E-state index in [1.165, 1.54) is 36.3 Å². The van der Waals surface area contributed by atoms with Crippen LogP contribution in [0.4, 0.5) is 9.52 Å². The summed E-state index contributed by atoms with van der Waals surface area (Å²) in [7, 11) is 0. The molecule has 0 radical (unpaired) electrons. The Morgan fingerprint density at radius 3 is 3.16 bits per heavy atom. The summed E-state index contributed by atoms with van der Waals surface area (Å²) in [6.45, 7) is 2.55. The first kappa shape index (κ1) is 12.8. The second-order valence-electron chi connectivity index (χ2n) is 4.93. The van der Waals surface area contributed by atoms with Crippen LogP contribution in [-0.2, 0) is 4.74 Å². The van der Waals surface area contributed by atoms with Crippen molar-refractivity contribution in [3.63, 3.8) is 0 Å². The molecule has 102 valence electrons. The first-order valence-electron chi connectivity index (χ1n) is 6.69. The van der Waals surface area contributed by atoms with E-state index >= 15 is 0 Å². The molecule has 0 amide bonds. The molecule has 19 heavy (non-hydrogen) atoms. The first-order chi connectivity index (χ1) is 9.31. The molecule has 0 bridgehead atoms. The Morgan fingerprint density at radius 1 is 1.42 bits per heavy atom. The highest BCUT2D eigenvalue weighted by Crippen LogP contribution is 2.29. The van der Waals surface area contributed by atoms with Gasteiger partial charge in [0.1, 0.15) is 5.82 Å². The summed E-state index contributed by atoms with van der Waals surface area (Å²) in [5.74, 6) is 0.614. The molecule has 1 aliphatic rings. The monoisotopic (exact) mass is 280 g/mol. The van der Waals surface area contributed by atoms with Gasteiger partial charge < -0.3 is 10.1 Å². The lowest BCUT2D eigenvalue weighted by atomic mass is 10.3. The lowest BCUT2D eigenvalue weighted by molar-refractivity contribution is 0.124. The molecule has 3 nitrogen and oxygen atoms in total. The van der Waals surface area contributed by atoms with E-state index in [4.69, 9.17) is 4.74 Å². The molecule has 0 aliphatic heterocycles. The predicted octanol–water partition coefficient (Wildman–Crippen LogP) is 3.66. The summed E-state index contributed by atoms with van der Waals surface area (Å²) < 4.78 is 19.5. The largest absolute Gasteiger partial charge is 0.381 e. The molecule has 1 aliphatic carbocycles. The van der Waals surface area contributed by atoms with E-state index in [0.717, 1.165) is 47.4 Å². The van der Waals surface area contributed by atoms with Crippen LogP contribution in [0.5, 0.6) is 0 Å². The maximum Gasteiger partial charge on any atom is 0.183 e. The molecule has 1 N–H and O–H groups in total. The van der Waals surface area contributed by atoms with Crippen molar-refractivity contribution in [1.29, 1.82) is 0 Å². The summed E-state index contributed by atoms with van der Waals surface area (Å²) in [5, 5.41) is 4.11. The fraction of sp³-hybridized carbons (Fsp3) is 0.500. The van der Waals surface area contributed by atoms with Gasteiger partial charge in [-0.15, -0.1) is 0 Å². The molecule has 2 aromatic rings. The quantitative estimate of drug-likeness (QED) is 0.786. The third kappa shape index (κ3) is 3.64.